The maximum absolute atomic E-state index is 11.8. The molecule has 1 aromatic carbocycles. The van der Waals surface area contributed by atoms with Gasteiger partial charge >= 0.3 is 0 Å². The van der Waals surface area contributed by atoms with Gasteiger partial charge in [-0.15, -0.1) is 12.4 Å². The molecule has 0 atom stereocenters. The van der Waals surface area contributed by atoms with Gasteiger partial charge in [0.1, 0.15) is 0 Å². The Balaban J connectivity index is 0.00000288. The molecule has 2 rings (SSSR count). The standard InChI is InChI=1S/C16H21N5O2.ClH/c1-11-7-12(2)21(20-11)14-6-4-3-5-13(14)9-18-16(23)10-19-15(22)8-17;/h3-7H,8-10,17H2,1-2H3,(H,18,23)(H,19,22);1H. The number of para-hydroxylation sites is 1. The smallest absolute Gasteiger partial charge is 0.239 e. The molecule has 1 heterocycles. The first-order chi connectivity index (χ1) is 11.0. The molecule has 0 spiro atoms. The number of rotatable bonds is 6. The normalized spacial score (nSPS) is 9.96. The summed E-state index contributed by atoms with van der Waals surface area (Å²) in [7, 11) is 0. The predicted molar refractivity (Wildman–Crippen MR) is 94.2 cm³/mol. The summed E-state index contributed by atoms with van der Waals surface area (Å²) >= 11 is 0. The number of carbonyl (C=O) groups excluding carboxylic acids is 2. The van der Waals surface area contributed by atoms with Gasteiger partial charge in [-0.3, -0.25) is 9.59 Å². The third kappa shape index (κ3) is 5.07. The van der Waals surface area contributed by atoms with Gasteiger partial charge in [0.25, 0.3) is 0 Å². The first-order valence-electron chi connectivity index (χ1n) is 7.36. The third-order valence-electron chi connectivity index (χ3n) is 3.34. The Bertz CT molecular complexity index is 714. The molecule has 0 aliphatic carbocycles. The Hall–Kier alpha value is -2.38. The first-order valence-corrected chi connectivity index (χ1v) is 7.36. The molecule has 0 aliphatic heterocycles. The summed E-state index contributed by atoms with van der Waals surface area (Å²) in [4.78, 5) is 22.8. The second-order valence-electron chi connectivity index (χ2n) is 5.23. The lowest BCUT2D eigenvalue weighted by Crippen LogP contribution is -2.39. The minimum absolute atomic E-state index is 0. The molecule has 0 bridgehead atoms. The van der Waals surface area contributed by atoms with Crippen LogP contribution in [-0.2, 0) is 16.1 Å². The lowest BCUT2D eigenvalue weighted by molar-refractivity contribution is -0.125. The van der Waals surface area contributed by atoms with Crippen molar-refractivity contribution in [2.24, 2.45) is 5.73 Å². The van der Waals surface area contributed by atoms with Gasteiger partial charge < -0.3 is 16.4 Å². The molecule has 0 unspecified atom stereocenters. The number of carbonyl (C=O) groups is 2. The molecule has 0 saturated carbocycles. The molecule has 130 valence electrons. The average Bonchev–Trinajstić information content (AvgIpc) is 2.89. The Morgan fingerprint density at radius 1 is 1.17 bits per heavy atom. The van der Waals surface area contributed by atoms with E-state index in [1.165, 1.54) is 0 Å². The molecule has 0 saturated heterocycles. The van der Waals surface area contributed by atoms with Crippen molar-refractivity contribution in [1.29, 1.82) is 0 Å². The maximum Gasteiger partial charge on any atom is 0.239 e. The van der Waals surface area contributed by atoms with Crippen molar-refractivity contribution in [3.8, 4) is 5.69 Å². The van der Waals surface area contributed by atoms with E-state index in [0.29, 0.717) is 6.54 Å². The highest BCUT2D eigenvalue weighted by Crippen LogP contribution is 2.16. The van der Waals surface area contributed by atoms with Crippen LogP contribution in [0.15, 0.2) is 30.3 Å². The van der Waals surface area contributed by atoms with E-state index in [0.717, 1.165) is 22.6 Å². The lowest BCUT2D eigenvalue weighted by Gasteiger charge is -2.12. The third-order valence-corrected chi connectivity index (χ3v) is 3.34. The van der Waals surface area contributed by atoms with Crippen LogP contribution in [0.3, 0.4) is 0 Å². The fraction of sp³-hybridized carbons (Fsp3) is 0.312. The summed E-state index contributed by atoms with van der Waals surface area (Å²) in [5, 5.41) is 9.68. The predicted octanol–water partition coefficient (Wildman–Crippen LogP) is 0.602. The van der Waals surface area contributed by atoms with Gasteiger partial charge in [0.15, 0.2) is 0 Å². The molecule has 4 N–H and O–H groups in total. The molecule has 0 fully saturated rings. The van der Waals surface area contributed by atoms with Crippen molar-refractivity contribution >= 4 is 24.2 Å². The number of nitrogens with one attached hydrogen (secondary N) is 2. The highest BCUT2D eigenvalue weighted by molar-refractivity contribution is 5.85. The topological polar surface area (TPSA) is 102 Å². The summed E-state index contributed by atoms with van der Waals surface area (Å²) in [6.07, 6.45) is 0. The minimum atomic E-state index is -0.358. The highest BCUT2D eigenvalue weighted by Gasteiger charge is 2.10. The van der Waals surface area contributed by atoms with E-state index in [4.69, 9.17) is 5.73 Å². The zero-order valence-corrected chi connectivity index (χ0v) is 14.5. The summed E-state index contributed by atoms with van der Waals surface area (Å²) in [6.45, 7) is 4.06. The van der Waals surface area contributed by atoms with E-state index >= 15 is 0 Å². The molecular weight excluding hydrogens is 330 g/mol. The maximum atomic E-state index is 11.8. The van der Waals surface area contributed by atoms with E-state index in [1.807, 2.05) is 48.9 Å². The lowest BCUT2D eigenvalue weighted by atomic mass is 10.1. The van der Waals surface area contributed by atoms with Crippen molar-refractivity contribution in [2.75, 3.05) is 13.1 Å². The molecule has 24 heavy (non-hydrogen) atoms. The minimum Gasteiger partial charge on any atom is -0.350 e. The number of nitrogens with two attached hydrogens (primary N) is 1. The van der Waals surface area contributed by atoms with Crippen molar-refractivity contribution in [3.63, 3.8) is 0 Å². The van der Waals surface area contributed by atoms with Gasteiger partial charge in [0, 0.05) is 12.2 Å². The fourth-order valence-electron chi connectivity index (χ4n) is 2.25. The number of aromatic nitrogens is 2. The van der Waals surface area contributed by atoms with E-state index in [9.17, 15) is 9.59 Å². The second kappa shape index (κ2) is 9.05. The Morgan fingerprint density at radius 2 is 1.88 bits per heavy atom. The number of halogens is 1. The Labute approximate surface area is 147 Å². The van der Waals surface area contributed by atoms with Crippen LogP contribution in [0.25, 0.3) is 5.69 Å². The summed E-state index contributed by atoms with van der Waals surface area (Å²) < 4.78 is 1.85. The number of amides is 2. The zero-order valence-electron chi connectivity index (χ0n) is 13.7. The van der Waals surface area contributed by atoms with Crippen molar-refractivity contribution in [1.82, 2.24) is 20.4 Å². The number of hydrogen-bond donors (Lipinski definition) is 3. The monoisotopic (exact) mass is 351 g/mol. The Morgan fingerprint density at radius 3 is 2.50 bits per heavy atom. The molecule has 8 heteroatoms. The number of nitrogens with zero attached hydrogens (tertiary/aromatic N) is 2. The van der Waals surface area contributed by atoms with Crippen LogP contribution in [0.2, 0.25) is 0 Å². The van der Waals surface area contributed by atoms with Crippen LogP contribution < -0.4 is 16.4 Å². The van der Waals surface area contributed by atoms with Crippen molar-refractivity contribution in [2.45, 2.75) is 20.4 Å². The Kier molecular flexibility index (Phi) is 7.41. The quantitative estimate of drug-likeness (QED) is 0.709. The number of hydrogen-bond acceptors (Lipinski definition) is 4. The van der Waals surface area contributed by atoms with Gasteiger partial charge in [-0.25, -0.2) is 4.68 Å². The molecule has 0 aliphatic rings. The summed E-state index contributed by atoms with van der Waals surface area (Å²) in [5.41, 5.74) is 8.99. The van der Waals surface area contributed by atoms with Gasteiger partial charge in [0.05, 0.1) is 24.5 Å². The van der Waals surface area contributed by atoms with E-state index in [-0.39, 0.29) is 37.3 Å². The summed E-state index contributed by atoms with van der Waals surface area (Å²) in [6, 6.07) is 9.73. The average molecular weight is 352 g/mol. The van der Waals surface area contributed by atoms with Crippen LogP contribution in [0.1, 0.15) is 17.0 Å². The molecular formula is C16H22ClN5O2. The van der Waals surface area contributed by atoms with Crippen LogP contribution in [0, 0.1) is 13.8 Å². The van der Waals surface area contributed by atoms with Crippen LogP contribution in [0.5, 0.6) is 0 Å². The SMILES string of the molecule is Cc1cc(C)n(-c2ccccc2CNC(=O)CNC(=O)CN)n1.Cl. The van der Waals surface area contributed by atoms with E-state index in [2.05, 4.69) is 15.7 Å². The van der Waals surface area contributed by atoms with Gasteiger partial charge in [-0.1, -0.05) is 18.2 Å². The first kappa shape index (κ1) is 19.7. The fourth-order valence-corrected chi connectivity index (χ4v) is 2.25. The van der Waals surface area contributed by atoms with Crippen molar-refractivity contribution in [3.05, 3.63) is 47.3 Å². The molecule has 1 aromatic heterocycles. The largest absolute Gasteiger partial charge is 0.350 e. The number of aryl methyl sites for hydroxylation is 2. The van der Waals surface area contributed by atoms with Gasteiger partial charge in [-0.05, 0) is 31.5 Å². The number of benzene rings is 1. The van der Waals surface area contributed by atoms with Gasteiger partial charge in [-0.2, -0.15) is 5.10 Å². The van der Waals surface area contributed by atoms with Crippen LogP contribution in [0.4, 0.5) is 0 Å². The molecule has 2 aromatic rings. The second-order valence-corrected chi connectivity index (χ2v) is 5.23. The van der Waals surface area contributed by atoms with E-state index in [1.54, 1.807) is 0 Å². The zero-order chi connectivity index (χ0) is 16.8. The van der Waals surface area contributed by atoms with Crippen LogP contribution in [-0.4, -0.2) is 34.7 Å². The van der Waals surface area contributed by atoms with Crippen LogP contribution >= 0.6 is 12.4 Å². The van der Waals surface area contributed by atoms with Crippen molar-refractivity contribution < 1.29 is 9.59 Å². The summed E-state index contributed by atoms with van der Waals surface area (Å²) in [5.74, 6) is -0.627. The van der Waals surface area contributed by atoms with E-state index < -0.39 is 0 Å². The molecule has 0 radical (unpaired) electrons. The molecule has 7 nitrogen and oxygen atoms in total. The van der Waals surface area contributed by atoms with Gasteiger partial charge in [0.2, 0.25) is 11.8 Å². The highest BCUT2D eigenvalue weighted by atomic mass is 35.5. The molecule has 2 amide bonds.